The van der Waals surface area contributed by atoms with Gasteiger partial charge in [0.05, 0.1) is 18.6 Å². The van der Waals surface area contributed by atoms with Crippen LogP contribution in [0.1, 0.15) is 30.4 Å². The van der Waals surface area contributed by atoms with Gasteiger partial charge in [0.2, 0.25) is 10.0 Å². The Bertz CT molecular complexity index is 1570. The average molecular weight is 636 g/mol. The first-order chi connectivity index (χ1) is 21.2. The Kier molecular flexibility index (Phi) is 10.7. The van der Waals surface area contributed by atoms with Gasteiger partial charge in [0.25, 0.3) is 5.91 Å². The van der Waals surface area contributed by atoms with Gasteiger partial charge >= 0.3 is 0 Å². The number of hydrogen-bond acceptors (Lipinski definition) is 7. The first-order valence-electron chi connectivity index (χ1n) is 14.9. The summed E-state index contributed by atoms with van der Waals surface area (Å²) in [5.74, 6) is 1.49. The number of rotatable bonds is 11. The van der Waals surface area contributed by atoms with E-state index < -0.39 is 10.0 Å². The van der Waals surface area contributed by atoms with Crippen molar-refractivity contribution in [3.05, 3.63) is 83.4 Å². The lowest BCUT2D eigenvalue weighted by Gasteiger charge is -2.31. The minimum absolute atomic E-state index is 0.185. The van der Waals surface area contributed by atoms with E-state index >= 15 is 0 Å². The third-order valence-electron chi connectivity index (χ3n) is 8.10. The second-order valence-electron chi connectivity index (χ2n) is 11.3. The van der Waals surface area contributed by atoms with E-state index in [0.717, 1.165) is 55.2 Å². The van der Waals surface area contributed by atoms with Gasteiger partial charge in [0.15, 0.2) is 0 Å². The molecular weight excluding hydrogens is 595 g/mol. The second kappa shape index (κ2) is 14.6. The molecule has 2 heterocycles. The topological polar surface area (TPSA) is 88.2 Å². The molecule has 1 saturated heterocycles. The molecule has 1 amide bonds. The van der Waals surface area contributed by atoms with Crippen LogP contribution in [0.2, 0.25) is 0 Å². The van der Waals surface area contributed by atoms with E-state index in [1.165, 1.54) is 16.1 Å². The first-order valence-corrected chi connectivity index (χ1v) is 18.2. The highest BCUT2D eigenvalue weighted by atomic mass is 32.2. The van der Waals surface area contributed by atoms with E-state index in [0.29, 0.717) is 41.6 Å². The van der Waals surface area contributed by atoms with Crippen LogP contribution in [0.15, 0.2) is 72.3 Å². The first kappa shape index (κ1) is 32.1. The minimum Gasteiger partial charge on any atom is -0.493 e. The molecule has 3 aromatic rings. The minimum atomic E-state index is -3.55. The highest BCUT2D eigenvalue weighted by molar-refractivity contribution is 7.98. The number of benzene rings is 3. The standard InChI is InChI=1S/C34H41N3O5S2/c1-36(31-15-18-41-19-16-31)24-25-4-9-30(10-5-25)35-34(38)28-14-17-37(44(3,39)40)33-13-8-27(22-29(33)23-28)26-6-11-32(12-7-26)42-20-21-43-2/h4-13,22-23,31H,14-21,24H2,1-3H3,(H,35,38). The van der Waals surface area contributed by atoms with Crippen molar-refractivity contribution in [1.29, 1.82) is 0 Å². The Morgan fingerprint density at radius 3 is 2.43 bits per heavy atom. The number of amides is 1. The highest BCUT2D eigenvalue weighted by Crippen LogP contribution is 2.34. The monoisotopic (exact) mass is 635 g/mol. The number of ether oxygens (including phenoxy) is 2. The van der Waals surface area contributed by atoms with Crippen LogP contribution >= 0.6 is 11.8 Å². The van der Waals surface area contributed by atoms with Gasteiger partial charge in [-0.3, -0.25) is 14.0 Å². The molecule has 2 aliphatic rings. The summed E-state index contributed by atoms with van der Waals surface area (Å²) in [7, 11) is -1.41. The highest BCUT2D eigenvalue weighted by Gasteiger charge is 2.25. The average Bonchev–Trinajstić information content (AvgIpc) is 3.23. The fraction of sp³-hybridized carbons (Fsp3) is 0.382. The van der Waals surface area contributed by atoms with Crippen molar-refractivity contribution in [2.75, 3.05) is 61.3 Å². The molecule has 0 spiro atoms. The summed E-state index contributed by atoms with van der Waals surface area (Å²) in [6.45, 7) is 3.28. The zero-order valence-electron chi connectivity index (χ0n) is 25.6. The molecule has 1 fully saturated rings. The molecule has 5 rings (SSSR count). The molecule has 3 aromatic carbocycles. The molecule has 10 heteroatoms. The van der Waals surface area contributed by atoms with Gasteiger partial charge in [-0.2, -0.15) is 11.8 Å². The molecule has 1 N–H and O–H groups in total. The molecule has 0 aliphatic carbocycles. The number of nitrogens with zero attached hydrogens (tertiary/aromatic N) is 2. The number of anilines is 2. The van der Waals surface area contributed by atoms with Gasteiger partial charge in [0, 0.05) is 49.4 Å². The van der Waals surface area contributed by atoms with Gasteiger partial charge in [-0.25, -0.2) is 8.42 Å². The summed E-state index contributed by atoms with van der Waals surface area (Å²) in [6, 6.07) is 22.0. The SMILES string of the molecule is CSCCOc1ccc(-c2ccc3c(c2)C=C(C(=O)Nc2ccc(CN(C)C4CCOCC4)cc2)CCN3S(C)(=O)=O)cc1. The number of carbonyl (C=O) groups is 1. The van der Waals surface area contributed by atoms with Gasteiger partial charge in [0.1, 0.15) is 5.75 Å². The van der Waals surface area contributed by atoms with Crippen molar-refractivity contribution in [3.63, 3.8) is 0 Å². The summed E-state index contributed by atoms with van der Waals surface area (Å²) in [6.07, 6.45) is 7.44. The normalized spacial score (nSPS) is 15.8. The lowest BCUT2D eigenvalue weighted by atomic mass is 10.0. The number of fused-ring (bicyclic) bond motifs is 1. The predicted molar refractivity (Wildman–Crippen MR) is 181 cm³/mol. The number of nitrogens with one attached hydrogen (secondary N) is 1. The molecule has 2 aliphatic heterocycles. The largest absolute Gasteiger partial charge is 0.493 e. The Balaban J connectivity index is 1.32. The maximum Gasteiger partial charge on any atom is 0.251 e. The summed E-state index contributed by atoms with van der Waals surface area (Å²) >= 11 is 1.74. The molecule has 8 nitrogen and oxygen atoms in total. The van der Waals surface area contributed by atoms with Crippen LogP contribution in [-0.2, 0) is 26.1 Å². The molecular formula is C34H41N3O5S2. The van der Waals surface area contributed by atoms with E-state index in [-0.39, 0.29) is 12.5 Å². The molecule has 44 heavy (non-hydrogen) atoms. The van der Waals surface area contributed by atoms with Crippen LogP contribution < -0.4 is 14.4 Å². The van der Waals surface area contributed by atoms with Gasteiger partial charge in [-0.1, -0.05) is 30.3 Å². The van der Waals surface area contributed by atoms with Gasteiger partial charge in [-0.05, 0) is 97.3 Å². The van der Waals surface area contributed by atoms with Crippen molar-refractivity contribution < 1.29 is 22.7 Å². The Hall–Kier alpha value is -3.31. The fourth-order valence-corrected chi connectivity index (χ4v) is 6.83. The van der Waals surface area contributed by atoms with Crippen molar-refractivity contribution in [3.8, 4) is 16.9 Å². The maximum absolute atomic E-state index is 13.5. The predicted octanol–water partition coefficient (Wildman–Crippen LogP) is 5.90. The molecule has 234 valence electrons. The van der Waals surface area contributed by atoms with Crippen molar-refractivity contribution in [2.45, 2.75) is 31.8 Å². The van der Waals surface area contributed by atoms with Crippen LogP contribution in [-0.4, -0.2) is 76.9 Å². The Morgan fingerprint density at radius 1 is 1.05 bits per heavy atom. The fourth-order valence-electron chi connectivity index (χ4n) is 5.64. The summed E-state index contributed by atoms with van der Waals surface area (Å²) < 4.78 is 38.2. The molecule has 0 aromatic heterocycles. The summed E-state index contributed by atoms with van der Waals surface area (Å²) in [4.78, 5) is 15.8. The summed E-state index contributed by atoms with van der Waals surface area (Å²) in [5.41, 5.74) is 5.54. The van der Waals surface area contributed by atoms with Gasteiger partial charge in [-0.15, -0.1) is 0 Å². The number of hydrogen-bond donors (Lipinski definition) is 1. The van der Waals surface area contributed by atoms with Crippen molar-refractivity contribution in [1.82, 2.24) is 4.90 Å². The molecule has 0 atom stereocenters. The van der Waals surface area contributed by atoms with Crippen molar-refractivity contribution >= 4 is 45.1 Å². The smallest absolute Gasteiger partial charge is 0.251 e. The van der Waals surface area contributed by atoms with Crippen LogP contribution in [0.3, 0.4) is 0 Å². The number of sulfonamides is 1. The van der Waals surface area contributed by atoms with Crippen LogP contribution in [0, 0.1) is 0 Å². The van der Waals surface area contributed by atoms with Crippen LogP contribution in [0.4, 0.5) is 11.4 Å². The third-order valence-corrected chi connectivity index (χ3v) is 9.86. The van der Waals surface area contributed by atoms with E-state index in [2.05, 4.69) is 17.3 Å². The van der Waals surface area contributed by atoms with Gasteiger partial charge < -0.3 is 14.8 Å². The Morgan fingerprint density at radius 2 is 1.75 bits per heavy atom. The zero-order chi connectivity index (χ0) is 31.1. The molecule has 0 radical (unpaired) electrons. The Labute approximate surface area is 265 Å². The lowest BCUT2D eigenvalue weighted by Crippen LogP contribution is -2.36. The molecule has 0 bridgehead atoms. The maximum atomic E-state index is 13.5. The summed E-state index contributed by atoms with van der Waals surface area (Å²) in [5, 5.41) is 3.02. The zero-order valence-corrected chi connectivity index (χ0v) is 27.3. The van der Waals surface area contributed by atoms with Crippen LogP contribution in [0.25, 0.3) is 17.2 Å². The second-order valence-corrected chi connectivity index (χ2v) is 14.2. The molecule has 0 unspecified atom stereocenters. The van der Waals surface area contributed by atoms with E-state index in [9.17, 15) is 13.2 Å². The van der Waals surface area contributed by atoms with E-state index in [1.807, 2.05) is 79.1 Å². The van der Waals surface area contributed by atoms with Crippen molar-refractivity contribution in [2.24, 2.45) is 0 Å². The quantitative estimate of drug-likeness (QED) is 0.263. The van der Waals surface area contributed by atoms with E-state index in [1.54, 1.807) is 11.8 Å². The lowest BCUT2D eigenvalue weighted by molar-refractivity contribution is -0.112. The van der Waals surface area contributed by atoms with Crippen LogP contribution in [0.5, 0.6) is 5.75 Å². The third kappa shape index (κ3) is 8.24. The number of carbonyl (C=O) groups excluding carboxylic acids is 1. The molecule has 0 saturated carbocycles. The van der Waals surface area contributed by atoms with E-state index in [4.69, 9.17) is 9.47 Å². The number of thioether (sulfide) groups is 1.